The molecule has 2 aliphatic rings. The number of rotatable bonds is 3. The standard InChI is InChI=1S/C12H13ClN2O3/c13-7-3-9-10(18-6-17-9)4-8(7)15-11(16)12(5-14)1-2-12/h3-4H,1-2,5-6,14H2,(H,15,16). The van der Waals surface area contributed by atoms with E-state index >= 15 is 0 Å². The third-order valence-corrected chi connectivity index (χ3v) is 3.75. The predicted octanol–water partition coefficient (Wildman–Crippen LogP) is 1.75. The third-order valence-electron chi connectivity index (χ3n) is 3.44. The van der Waals surface area contributed by atoms with Gasteiger partial charge in [0, 0.05) is 18.7 Å². The van der Waals surface area contributed by atoms with Crippen LogP contribution in [-0.2, 0) is 4.79 Å². The molecule has 1 aliphatic heterocycles. The molecule has 6 heteroatoms. The number of amides is 1. The zero-order valence-electron chi connectivity index (χ0n) is 9.66. The molecule has 1 fully saturated rings. The topological polar surface area (TPSA) is 73.6 Å². The van der Waals surface area contributed by atoms with Gasteiger partial charge in [-0.25, -0.2) is 0 Å². The van der Waals surface area contributed by atoms with Crippen molar-refractivity contribution in [1.82, 2.24) is 0 Å². The summed E-state index contributed by atoms with van der Waals surface area (Å²) in [6.07, 6.45) is 1.66. The normalized spacial score (nSPS) is 18.6. The van der Waals surface area contributed by atoms with E-state index in [4.69, 9.17) is 26.8 Å². The number of hydrogen-bond acceptors (Lipinski definition) is 4. The van der Waals surface area contributed by atoms with Crippen molar-refractivity contribution in [2.45, 2.75) is 12.8 Å². The lowest BCUT2D eigenvalue weighted by Crippen LogP contribution is -2.30. The molecule has 1 heterocycles. The molecule has 1 aliphatic carbocycles. The molecule has 0 unspecified atom stereocenters. The minimum absolute atomic E-state index is 0.0780. The number of anilines is 1. The molecular weight excluding hydrogens is 256 g/mol. The van der Waals surface area contributed by atoms with Gasteiger partial charge in [0.15, 0.2) is 11.5 Å². The number of benzene rings is 1. The molecule has 0 saturated heterocycles. The summed E-state index contributed by atoms with van der Waals surface area (Å²) in [7, 11) is 0. The van der Waals surface area contributed by atoms with E-state index in [-0.39, 0.29) is 12.7 Å². The molecule has 0 spiro atoms. The summed E-state index contributed by atoms with van der Waals surface area (Å²) in [5.74, 6) is 1.11. The van der Waals surface area contributed by atoms with Crippen molar-refractivity contribution in [2.75, 3.05) is 18.7 Å². The molecule has 1 saturated carbocycles. The lowest BCUT2D eigenvalue weighted by atomic mass is 10.1. The minimum Gasteiger partial charge on any atom is -0.454 e. The van der Waals surface area contributed by atoms with Crippen LogP contribution in [0, 0.1) is 5.41 Å². The molecule has 1 amide bonds. The van der Waals surface area contributed by atoms with Gasteiger partial charge in [0.05, 0.1) is 16.1 Å². The Balaban J connectivity index is 1.83. The summed E-state index contributed by atoms with van der Waals surface area (Å²) < 4.78 is 10.4. The molecular formula is C12H13ClN2O3. The molecule has 0 radical (unpaired) electrons. The lowest BCUT2D eigenvalue weighted by molar-refractivity contribution is -0.120. The molecule has 1 aromatic carbocycles. The van der Waals surface area contributed by atoms with Gasteiger partial charge in [-0.3, -0.25) is 4.79 Å². The van der Waals surface area contributed by atoms with Gasteiger partial charge >= 0.3 is 0 Å². The van der Waals surface area contributed by atoms with Crippen LogP contribution in [0.4, 0.5) is 5.69 Å². The number of carbonyl (C=O) groups is 1. The Kier molecular flexibility index (Phi) is 2.60. The Morgan fingerprint density at radius 3 is 2.67 bits per heavy atom. The van der Waals surface area contributed by atoms with E-state index in [0.29, 0.717) is 28.8 Å². The van der Waals surface area contributed by atoms with Crippen LogP contribution in [0.15, 0.2) is 12.1 Å². The first-order valence-electron chi connectivity index (χ1n) is 5.75. The largest absolute Gasteiger partial charge is 0.454 e. The Hall–Kier alpha value is -1.46. The van der Waals surface area contributed by atoms with Gasteiger partial charge in [0.1, 0.15) is 0 Å². The van der Waals surface area contributed by atoms with Crippen molar-refractivity contribution in [1.29, 1.82) is 0 Å². The number of fused-ring (bicyclic) bond motifs is 1. The summed E-state index contributed by atoms with van der Waals surface area (Å²) in [4.78, 5) is 12.1. The average molecular weight is 269 g/mol. The summed E-state index contributed by atoms with van der Waals surface area (Å²) in [5, 5.41) is 3.24. The Bertz CT molecular complexity index is 514. The molecule has 0 aromatic heterocycles. The van der Waals surface area contributed by atoms with Gasteiger partial charge in [0.2, 0.25) is 12.7 Å². The van der Waals surface area contributed by atoms with Gasteiger partial charge < -0.3 is 20.5 Å². The van der Waals surface area contributed by atoms with Crippen LogP contribution in [0.25, 0.3) is 0 Å². The van der Waals surface area contributed by atoms with Crippen LogP contribution < -0.4 is 20.5 Å². The van der Waals surface area contributed by atoms with Crippen LogP contribution in [0.5, 0.6) is 11.5 Å². The van der Waals surface area contributed by atoms with Gasteiger partial charge in [-0.2, -0.15) is 0 Å². The number of ether oxygens (including phenoxy) is 2. The molecule has 96 valence electrons. The summed E-state index contributed by atoms with van der Waals surface area (Å²) >= 11 is 6.08. The van der Waals surface area contributed by atoms with E-state index in [1.807, 2.05) is 0 Å². The molecule has 18 heavy (non-hydrogen) atoms. The van der Waals surface area contributed by atoms with Crippen LogP contribution in [0.2, 0.25) is 5.02 Å². The number of nitrogens with two attached hydrogens (primary N) is 1. The highest BCUT2D eigenvalue weighted by atomic mass is 35.5. The van der Waals surface area contributed by atoms with Gasteiger partial charge in [-0.1, -0.05) is 11.6 Å². The quantitative estimate of drug-likeness (QED) is 0.876. The van der Waals surface area contributed by atoms with Crippen LogP contribution in [-0.4, -0.2) is 19.2 Å². The first-order chi connectivity index (χ1) is 8.64. The first-order valence-corrected chi connectivity index (χ1v) is 6.13. The van der Waals surface area contributed by atoms with E-state index in [0.717, 1.165) is 12.8 Å². The van der Waals surface area contributed by atoms with E-state index in [2.05, 4.69) is 5.32 Å². The van der Waals surface area contributed by atoms with E-state index in [1.165, 1.54) is 0 Å². The number of nitrogens with one attached hydrogen (secondary N) is 1. The maximum atomic E-state index is 12.1. The zero-order chi connectivity index (χ0) is 12.8. The van der Waals surface area contributed by atoms with Crippen molar-refractivity contribution >= 4 is 23.2 Å². The smallest absolute Gasteiger partial charge is 0.231 e. The highest BCUT2D eigenvalue weighted by Gasteiger charge is 2.48. The highest BCUT2D eigenvalue weighted by Crippen LogP contribution is 2.46. The Morgan fingerprint density at radius 1 is 1.39 bits per heavy atom. The maximum absolute atomic E-state index is 12.1. The van der Waals surface area contributed by atoms with E-state index < -0.39 is 5.41 Å². The summed E-state index contributed by atoms with van der Waals surface area (Å²) in [5.41, 5.74) is 5.74. The van der Waals surface area contributed by atoms with Crippen molar-refractivity contribution in [3.8, 4) is 11.5 Å². The van der Waals surface area contributed by atoms with Crippen LogP contribution in [0.3, 0.4) is 0 Å². The second-order valence-corrected chi connectivity index (χ2v) is 5.03. The maximum Gasteiger partial charge on any atom is 0.231 e. The number of hydrogen-bond donors (Lipinski definition) is 2. The predicted molar refractivity (Wildman–Crippen MR) is 66.9 cm³/mol. The molecule has 3 rings (SSSR count). The Morgan fingerprint density at radius 2 is 2.06 bits per heavy atom. The fourth-order valence-corrected chi connectivity index (χ4v) is 2.14. The van der Waals surface area contributed by atoms with Crippen molar-refractivity contribution in [3.05, 3.63) is 17.2 Å². The fraction of sp³-hybridized carbons (Fsp3) is 0.417. The van der Waals surface area contributed by atoms with Crippen molar-refractivity contribution in [2.24, 2.45) is 11.1 Å². The summed E-state index contributed by atoms with van der Waals surface area (Å²) in [6.45, 7) is 0.538. The second kappa shape index (κ2) is 4.03. The van der Waals surface area contributed by atoms with E-state index in [9.17, 15) is 4.79 Å². The highest BCUT2D eigenvalue weighted by molar-refractivity contribution is 6.34. The molecule has 0 bridgehead atoms. The molecule has 0 atom stereocenters. The Labute approximate surface area is 109 Å². The van der Waals surface area contributed by atoms with Gasteiger partial charge in [-0.05, 0) is 12.8 Å². The molecule has 5 nitrogen and oxygen atoms in total. The first kappa shape index (κ1) is 11.6. The lowest BCUT2D eigenvalue weighted by Gasteiger charge is -2.14. The fourth-order valence-electron chi connectivity index (χ4n) is 1.94. The molecule has 1 aromatic rings. The van der Waals surface area contributed by atoms with Crippen LogP contribution in [0.1, 0.15) is 12.8 Å². The van der Waals surface area contributed by atoms with E-state index in [1.54, 1.807) is 12.1 Å². The number of halogens is 1. The molecule has 3 N–H and O–H groups in total. The van der Waals surface area contributed by atoms with Crippen molar-refractivity contribution < 1.29 is 14.3 Å². The van der Waals surface area contributed by atoms with Crippen LogP contribution >= 0.6 is 11.6 Å². The summed E-state index contributed by atoms with van der Waals surface area (Å²) in [6, 6.07) is 3.32. The third kappa shape index (κ3) is 1.79. The average Bonchev–Trinajstić information content (AvgIpc) is 3.04. The van der Waals surface area contributed by atoms with Gasteiger partial charge in [0.25, 0.3) is 0 Å². The van der Waals surface area contributed by atoms with Gasteiger partial charge in [-0.15, -0.1) is 0 Å². The minimum atomic E-state index is -0.403. The number of carbonyl (C=O) groups excluding carboxylic acids is 1. The second-order valence-electron chi connectivity index (χ2n) is 4.62. The van der Waals surface area contributed by atoms with Crippen molar-refractivity contribution in [3.63, 3.8) is 0 Å². The SMILES string of the molecule is NCC1(C(=O)Nc2cc3c(cc2Cl)OCO3)CC1. The zero-order valence-corrected chi connectivity index (χ0v) is 10.4. The monoisotopic (exact) mass is 268 g/mol.